The average molecular weight is 442 g/mol. The topological polar surface area (TPSA) is 88.2 Å². The van der Waals surface area contributed by atoms with Gasteiger partial charge in [0.05, 0.1) is 6.54 Å². The molecule has 0 bridgehead atoms. The molecule has 0 saturated carbocycles. The third-order valence-corrected chi connectivity index (χ3v) is 6.87. The van der Waals surface area contributed by atoms with E-state index in [-0.39, 0.29) is 38.0 Å². The van der Waals surface area contributed by atoms with E-state index >= 15 is 0 Å². The van der Waals surface area contributed by atoms with Gasteiger partial charge >= 0.3 is 0 Å². The highest BCUT2D eigenvalue weighted by Gasteiger charge is 2.37. The van der Waals surface area contributed by atoms with Crippen LogP contribution in [0.2, 0.25) is 5.02 Å². The number of ether oxygens (including phenoxy) is 2. The lowest BCUT2D eigenvalue weighted by Gasteiger charge is -2.19. The number of fused-ring (bicyclic) bond motifs is 1. The maximum absolute atomic E-state index is 13.2. The van der Waals surface area contributed by atoms with Gasteiger partial charge in [-0.2, -0.15) is 17.0 Å². The molecule has 0 spiro atoms. The van der Waals surface area contributed by atoms with Gasteiger partial charge in [0.25, 0.3) is 10.2 Å². The molecule has 0 aliphatic carbocycles. The fourth-order valence-corrected chi connectivity index (χ4v) is 4.87. The Bertz CT molecular complexity index is 1070. The second kappa shape index (κ2) is 7.79. The van der Waals surface area contributed by atoms with Crippen LogP contribution >= 0.6 is 11.6 Å². The number of rotatable bonds is 5. The highest BCUT2D eigenvalue weighted by molar-refractivity contribution is 7.87. The first-order valence-electron chi connectivity index (χ1n) is 8.71. The molecule has 0 aromatic heterocycles. The van der Waals surface area contributed by atoms with Gasteiger partial charge in [-0.05, 0) is 29.8 Å². The van der Waals surface area contributed by atoms with Crippen LogP contribution in [0.3, 0.4) is 0 Å². The van der Waals surface area contributed by atoms with E-state index in [4.69, 9.17) is 21.1 Å². The van der Waals surface area contributed by atoms with Crippen molar-refractivity contribution in [3.05, 3.63) is 52.8 Å². The number of halogens is 2. The van der Waals surface area contributed by atoms with Crippen molar-refractivity contribution in [2.45, 2.75) is 6.54 Å². The van der Waals surface area contributed by atoms with Crippen molar-refractivity contribution >= 4 is 33.4 Å². The Morgan fingerprint density at radius 3 is 2.66 bits per heavy atom. The monoisotopic (exact) mass is 441 g/mol. The Morgan fingerprint density at radius 2 is 1.86 bits per heavy atom. The van der Waals surface area contributed by atoms with Crippen LogP contribution in [0, 0.1) is 5.82 Å². The van der Waals surface area contributed by atoms with Crippen LogP contribution < -0.4 is 14.8 Å². The van der Waals surface area contributed by atoms with Crippen LogP contribution in [0.15, 0.2) is 36.4 Å². The molecule has 11 heteroatoms. The first-order valence-corrected chi connectivity index (χ1v) is 10.5. The van der Waals surface area contributed by atoms with Crippen molar-refractivity contribution < 1.29 is 27.1 Å². The summed E-state index contributed by atoms with van der Waals surface area (Å²) in [6, 6.07) is 8.73. The summed E-state index contributed by atoms with van der Waals surface area (Å²) in [5.41, 5.74) is 0.967. The number of benzene rings is 2. The van der Waals surface area contributed by atoms with Gasteiger partial charge in [-0.15, -0.1) is 0 Å². The van der Waals surface area contributed by atoms with E-state index in [1.807, 2.05) is 0 Å². The normalized spacial score (nSPS) is 18.1. The number of anilines is 1. The highest BCUT2D eigenvalue weighted by atomic mass is 35.5. The highest BCUT2D eigenvalue weighted by Crippen LogP contribution is 2.34. The van der Waals surface area contributed by atoms with Crippen molar-refractivity contribution in [2.75, 3.05) is 31.7 Å². The van der Waals surface area contributed by atoms with E-state index in [9.17, 15) is 17.6 Å². The smallest absolute Gasteiger partial charge is 0.282 e. The standard InChI is InChI=1S/C18H17ClFN3O5S/c19-15-7-13(20)2-1-12(15)9-22-5-6-23(29(22,25)26)10-18(24)21-14-3-4-16-17(8-14)28-11-27-16/h1-4,7-8H,5-6,9-11H2,(H,21,24). The predicted octanol–water partition coefficient (Wildman–Crippen LogP) is 2.21. The quantitative estimate of drug-likeness (QED) is 0.768. The van der Waals surface area contributed by atoms with Gasteiger partial charge in [0.1, 0.15) is 5.82 Å². The molecule has 1 amide bonds. The molecular weight excluding hydrogens is 425 g/mol. The van der Waals surface area contributed by atoms with Gasteiger partial charge in [-0.25, -0.2) is 4.39 Å². The molecule has 2 aliphatic heterocycles. The number of amides is 1. The van der Waals surface area contributed by atoms with Gasteiger partial charge in [0.2, 0.25) is 12.7 Å². The molecule has 2 aromatic carbocycles. The van der Waals surface area contributed by atoms with Crippen molar-refractivity contribution in [1.29, 1.82) is 0 Å². The molecule has 2 heterocycles. The second-order valence-electron chi connectivity index (χ2n) is 6.53. The third kappa shape index (κ3) is 4.15. The maximum Gasteiger partial charge on any atom is 0.282 e. The number of carbonyl (C=O) groups excluding carboxylic acids is 1. The first kappa shape index (κ1) is 19.9. The summed E-state index contributed by atoms with van der Waals surface area (Å²) in [6.07, 6.45) is 0. The zero-order valence-corrected chi connectivity index (χ0v) is 16.7. The average Bonchev–Trinajstić information content (AvgIpc) is 3.22. The lowest BCUT2D eigenvalue weighted by Crippen LogP contribution is -2.37. The number of hydrogen-bond donors (Lipinski definition) is 1. The molecule has 2 aromatic rings. The molecule has 0 atom stereocenters. The number of nitrogens with one attached hydrogen (secondary N) is 1. The molecule has 29 heavy (non-hydrogen) atoms. The Morgan fingerprint density at radius 1 is 1.10 bits per heavy atom. The largest absolute Gasteiger partial charge is 0.454 e. The van der Waals surface area contributed by atoms with Gasteiger partial charge in [-0.1, -0.05) is 17.7 Å². The molecule has 8 nitrogen and oxygen atoms in total. The molecule has 2 aliphatic rings. The van der Waals surface area contributed by atoms with Crippen molar-refractivity contribution in [2.24, 2.45) is 0 Å². The summed E-state index contributed by atoms with van der Waals surface area (Å²) < 4.78 is 51.4. The number of hydrogen-bond acceptors (Lipinski definition) is 5. The van der Waals surface area contributed by atoms with Gasteiger partial charge in [0.15, 0.2) is 11.5 Å². The summed E-state index contributed by atoms with van der Waals surface area (Å²) in [6.45, 7) is 0.155. The van der Waals surface area contributed by atoms with Gasteiger partial charge in [-0.3, -0.25) is 4.79 Å². The molecule has 1 fully saturated rings. The van der Waals surface area contributed by atoms with E-state index in [2.05, 4.69) is 5.32 Å². The van der Waals surface area contributed by atoms with E-state index in [1.165, 1.54) is 16.4 Å². The minimum absolute atomic E-state index is 0.00171. The van der Waals surface area contributed by atoms with E-state index in [0.717, 1.165) is 10.4 Å². The lowest BCUT2D eigenvalue weighted by atomic mass is 10.2. The van der Waals surface area contributed by atoms with Crippen LogP contribution in [-0.2, 0) is 21.5 Å². The SMILES string of the molecule is O=C(CN1CCN(Cc2ccc(F)cc2Cl)S1(=O)=O)Nc1ccc2c(c1)OCO2. The summed E-state index contributed by atoms with van der Waals surface area (Å²) >= 11 is 5.99. The summed E-state index contributed by atoms with van der Waals surface area (Å²) in [5.74, 6) is 0.123. The maximum atomic E-state index is 13.2. The van der Waals surface area contributed by atoms with Crippen LogP contribution in [-0.4, -0.2) is 49.4 Å². The zero-order chi connectivity index (χ0) is 20.6. The fourth-order valence-electron chi connectivity index (χ4n) is 3.11. The summed E-state index contributed by atoms with van der Waals surface area (Å²) in [5, 5.41) is 2.81. The lowest BCUT2D eigenvalue weighted by molar-refractivity contribution is -0.116. The van der Waals surface area contributed by atoms with Gasteiger partial charge in [0, 0.05) is 36.4 Å². The van der Waals surface area contributed by atoms with Crippen LogP contribution in [0.4, 0.5) is 10.1 Å². The summed E-state index contributed by atoms with van der Waals surface area (Å²) in [7, 11) is -3.84. The molecule has 4 rings (SSSR count). The zero-order valence-electron chi connectivity index (χ0n) is 15.1. The van der Waals surface area contributed by atoms with Crippen molar-refractivity contribution in [3.8, 4) is 11.5 Å². The minimum atomic E-state index is -3.84. The first-order chi connectivity index (χ1) is 13.8. The van der Waals surface area contributed by atoms with Gasteiger partial charge < -0.3 is 14.8 Å². The fraction of sp³-hybridized carbons (Fsp3) is 0.278. The number of carbonyl (C=O) groups is 1. The van der Waals surface area contributed by atoms with Crippen LogP contribution in [0.1, 0.15) is 5.56 Å². The molecule has 0 unspecified atom stereocenters. The Balaban J connectivity index is 1.40. The molecular formula is C18H17ClFN3O5S. The Hall–Kier alpha value is -2.40. The molecule has 154 valence electrons. The molecule has 0 radical (unpaired) electrons. The Kier molecular flexibility index (Phi) is 5.34. The molecule has 1 saturated heterocycles. The third-order valence-electron chi connectivity index (χ3n) is 4.59. The predicted molar refractivity (Wildman–Crippen MR) is 104 cm³/mol. The van der Waals surface area contributed by atoms with E-state index in [1.54, 1.807) is 18.2 Å². The van der Waals surface area contributed by atoms with Crippen molar-refractivity contribution in [1.82, 2.24) is 8.61 Å². The van der Waals surface area contributed by atoms with E-state index in [0.29, 0.717) is 22.7 Å². The van der Waals surface area contributed by atoms with Crippen LogP contribution in [0.25, 0.3) is 0 Å². The summed E-state index contributed by atoms with van der Waals surface area (Å²) in [4.78, 5) is 12.3. The number of nitrogens with zero attached hydrogens (tertiary/aromatic N) is 2. The van der Waals surface area contributed by atoms with Crippen LogP contribution in [0.5, 0.6) is 11.5 Å². The van der Waals surface area contributed by atoms with E-state index < -0.39 is 21.9 Å². The van der Waals surface area contributed by atoms with Crippen molar-refractivity contribution in [3.63, 3.8) is 0 Å². The second-order valence-corrected chi connectivity index (χ2v) is 8.86. The minimum Gasteiger partial charge on any atom is -0.454 e. The Labute approximate surface area is 171 Å². The molecule has 1 N–H and O–H groups in total.